The summed E-state index contributed by atoms with van der Waals surface area (Å²) in [5.41, 5.74) is 6.30. The summed E-state index contributed by atoms with van der Waals surface area (Å²) in [6, 6.07) is 1.99. The SMILES string of the molecule is CCCCN(CC(N)=O)c1ncc(Br)cc1C. The molecule has 0 saturated heterocycles. The second-order valence-electron chi connectivity index (χ2n) is 4.04. The zero-order valence-corrected chi connectivity index (χ0v) is 11.8. The summed E-state index contributed by atoms with van der Waals surface area (Å²) < 4.78 is 0.938. The first-order valence-electron chi connectivity index (χ1n) is 5.70. The van der Waals surface area contributed by atoms with Crippen molar-refractivity contribution in [1.82, 2.24) is 4.98 Å². The number of hydrogen-bond donors (Lipinski definition) is 1. The van der Waals surface area contributed by atoms with Gasteiger partial charge in [-0.3, -0.25) is 4.79 Å². The van der Waals surface area contributed by atoms with Crippen LogP contribution in [-0.2, 0) is 4.79 Å². The lowest BCUT2D eigenvalue weighted by molar-refractivity contribution is -0.116. The number of halogens is 1. The van der Waals surface area contributed by atoms with Gasteiger partial charge in [-0.05, 0) is 40.9 Å². The minimum atomic E-state index is -0.328. The van der Waals surface area contributed by atoms with Crippen LogP contribution in [0.15, 0.2) is 16.7 Å². The summed E-state index contributed by atoms with van der Waals surface area (Å²) in [6.45, 7) is 5.11. The van der Waals surface area contributed by atoms with E-state index in [4.69, 9.17) is 5.73 Å². The summed E-state index contributed by atoms with van der Waals surface area (Å²) in [6.07, 6.45) is 3.83. The molecule has 1 aromatic heterocycles. The lowest BCUT2D eigenvalue weighted by atomic mass is 10.2. The number of hydrogen-bond acceptors (Lipinski definition) is 3. The largest absolute Gasteiger partial charge is 0.368 e. The summed E-state index contributed by atoms with van der Waals surface area (Å²) in [4.78, 5) is 17.4. The highest BCUT2D eigenvalue weighted by Gasteiger charge is 2.12. The first-order valence-corrected chi connectivity index (χ1v) is 6.49. The molecule has 2 N–H and O–H groups in total. The number of aromatic nitrogens is 1. The molecule has 4 nitrogen and oxygen atoms in total. The number of primary amides is 1. The average Bonchev–Trinajstić information content (AvgIpc) is 2.24. The van der Waals surface area contributed by atoms with Crippen molar-refractivity contribution in [3.05, 3.63) is 22.3 Å². The van der Waals surface area contributed by atoms with Gasteiger partial charge in [0.1, 0.15) is 5.82 Å². The molecule has 94 valence electrons. The third kappa shape index (κ3) is 4.34. The van der Waals surface area contributed by atoms with Gasteiger partial charge in [0.25, 0.3) is 0 Å². The quantitative estimate of drug-likeness (QED) is 0.876. The lowest BCUT2D eigenvalue weighted by Crippen LogP contribution is -2.35. The van der Waals surface area contributed by atoms with Crippen LogP contribution < -0.4 is 10.6 Å². The Balaban J connectivity index is 2.90. The van der Waals surface area contributed by atoms with E-state index in [1.807, 2.05) is 17.9 Å². The normalized spacial score (nSPS) is 10.3. The number of amides is 1. The van der Waals surface area contributed by atoms with Crippen LogP contribution in [0.25, 0.3) is 0 Å². The monoisotopic (exact) mass is 299 g/mol. The van der Waals surface area contributed by atoms with Gasteiger partial charge in [-0.1, -0.05) is 13.3 Å². The Bertz CT molecular complexity index is 395. The number of pyridine rings is 1. The molecule has 0 aromatic carbocycles. The van der Waals surface area contributed by atoms with E-state index >= 15 is 0 Å². The van der Waals surface area contributed by atoms with Gasteiger partial charge in [-0.15, -0.1) is 0 Å². The van der Waals surface area contributed by atoms with Gasteiger partial charge >= 0.3 is 0 Å². The van der Waals surface area contributed by atoms with E-state index < -0.39 is 0 Å². The maximum Gasteiger partial charge on any atom is 0.236 e. The van der Waals surface area contributed by atoms with Gasteiger partial charge in [0, 0.05) is 17.2 Å². The molecule has 5 heteroatoms. The van der Waals surface area contributed by atoms with Crippen LogP contribution >= 0.6 is 15.9 Å². The number of anilines is 1. The highest BCUT2D eigenvalue weighted by molar-refractivity contribution is 9.10. The van der Waals surface area contributed by atoms with Crippen molar-refractivity contribution in [1.29, 1.82) is 0 Å². The van der Waals surface area contributed by atoms with Crippen molar-refractivity contribution in [3.63, 3.8) is 0 Å². The molecule has 1 heterocycles. The fourth-order valence-corrected chi connectivity index (χ4v) is 2.11. The van der Waals surface area contributed by atoms with E-state index in [0.717, 1.165) is 35.2 Å². The van der Waals surface area contributed by atoms with E-state index in [1.54, 1.807) is 6.20 Å². The van der Waals surface area contributed by atoms with Crippen LogP contribution in [0.2, 0.25) is 0 Å². The molecule has 0 fully saturated rings. The summed E-state index contributed by atoms with van der Waals surface area (Å²) in [5, 5.41) is 0. The number of carbonyl (C=O) groups is 1. The molecule has 0 atom stereocenters. The Labute approximate surface area is 110 Å². The van der Waals surface area contributed by atoms with Gasteiger partial charge in [0.2, 0.25) is 5.91 Å². The van der Waals surface area contributed by atoms with Crippen LogP contribution in [0.1, 0.15) is 25.3 Å². The highest BCUT2D eigenvalue weighted by atomic mass is 79.9. The zero-order valence-electron chi connectivity index (χ0n) is 10.2. The Morgan fingerprint density at radius 1 is 1.59 bits per heavy atom. The molecular weight excluding hydrogens is 282 g/mol. The third-order valence-electron chi connectivity index (χ3n) is 2.45. The Kier molecular flexibility index (Phi) is 5.41. The van der Waals surface area contributed by atoms with Gasteiger partial charge in [0.15, 0.2) is 0 Å². The van der Waals surface area contributed by atoms with E-state index in [-0.39, 0.29) is 12.5 Å². The number of rotatable bonds is 6. The smallest absolute Gasteiger partial charge is 0.236 e. The van der Waals surface area contributed by atoms with Crippen LogP contribution in [0, 0.1) is 6.92 Å². The molecule has 1 aromatic rings. The van der Waals surface area contributed by atoms with Crippen molar-refractivity contribution < 1.29 is 4.79 Å². The van der Waals surface area contributed by atoms with E-state index in [0.29, 0.717) is 0 Å². The predicted octanol–water partition coefficient (Wildman–Crippen LogP) is 2.24. The standard InChI is InChI=1S/C12H18BrN3O/c1-3-4-5-16(8-11(14)17)12-9(2)6-10(13)7-15-12/h6-7H,3-5,8H2,1-2H3,(H2,14,17). The topological polar surface area (TPSA) is 59.2 Å². The van der Waals surface area contributed by atoms with Crippen molar-refractivity contribution in [2.45, 2.75) is 26.7 Å². The van der Waals surface area contributed by atoms with E-state index in [1.165, 1.54) is 0 Å². The molecular formula is C12H18BrN3O. The predicted molar refractivity (Wildman–Crippen MR) is 73.0 cm³/mol. The first-order chi connectivity index (χ1) is 8.04. The molecule has 0 aliphatic carbocycles. The van der Waals surface area contributed by atoms with Crippen molar-refractivity contribution in [2.24, 2.45) is 5.73 Å². The van der Waals surface area contributed by atoms with Crippen molar-refractivity contribution in [3.8, 4) is 0 Å². The maximum absolute atomic E-state index is 11.1. The Morgan fingerprint density at radius 2 is 2.29 bits per heavy atom. The molecule has 0 bridgehead atoms. The van der Waals surface area contributed by atoms with Crippen molar-refractivity contribution >= 4 is 27.7 Å². The second-order valence-corrected chi connectivity index (χ2v) is 4.95. The van der Waals surface area contributed by atoms with Crippen LogP contribution in [0.3, 0.4) is 0 Å². The van der Waals surface area contributed by atoms with E-state index in [2.05, 4.69) is 27.8 Å². The molecule has 1 rings (SSSR count). The lowest BCUT2D eigenvalue weighted by Gasteiger charge is -2.23. The number of aryl methyl sites for hydroxylation is 1. The van der Waals surface area contributed by atoms with E-state index in [9.17, 15) is 4.79 Å². The summed E-state index contributed by atoms with van der Waals surface area (Å²) in [7, 11) is 0. The minimum absolute atomic E-state index is 0.218. The molecule has 17 heavy (non-hydrogen) atoms. The van der Waals surface area contributed by atoms with Crippen LogP contribution in [-0.4, -0.2) is 24.0 Å². The van der Waals surface area contributed by atoms with Gasteiger partial charge in [-0.25, -0.2) is 4.98 Å². The Hall–Kier alpha value is -1.10. The van der Waals surface area contributed by atoms with Gasteiger partial charge in [-0.2, -0.15) is 0 Å². The summed E-state index contributed by atoms with van der Waals surface area (Å²) in [5.74, 6) is 0.505. The summed E-state index contributed by atoms with van der Waals surface area (Å²) >= 11 is 3.38. The minimum Gasteiger partial charge on any atom is -0.368 e. The van der Waals surface area contributed by atoms with Gasteiger partial charge < -0.3 is 10.6 Å². The Morgan fingerprint density at radius 3 is 2.82 bits per heavy atom. The maximum atomic E-state index is 11.1. The molecule has 0 radical (unpaired) electrons. The fraction of sp³-hybridized carbons (Fsp3) is 0.500. The molecule has 0 aliphatic rings. The van der Waals surface area contributed by atoms with Crippen LogP contribution in [0.4, 0.5) is 5.82 Å². The van der Waals surface area contributed by atoms with Crippen LogP contribution in [0.5, 0.6) is 0 Å². The second kappa shape index (κ2) is 6.59. The molecule has 0 saturated carbocycles. The average molecular weight is 300 g/mol. The zero-order chi connectivity index (χ0) is 12.8. The molecule has 0 aliphatic heterocycles. The third-order valence-corrected chi connectivity index (χ3v) is 2.88. The fourth-order valence-electron chi connectivity index (χ4n) is 1.66. The number of carbonyl (C=O) groups excluding carboxylic acids is 1. The number of nitrogens with zero attached hydrogens (tertiary/aromatic N) is 2. The molecule has 0 unspecified atom stereocenters. The van der Waals surface area contributed by atoms with Crippen molar-refractivity contribution in [2.75, 3.05) is 18.0 Å². The van der Waals surface area contributed by atoms with Gasteiger partial charge in [0.05, 0.1) is 6.54 Å². The molecule has 1 amide bonds. The number of unbranched alkanes of at least 4 members (excludes halogenated alkanes) is 1. The highest BCUT2D eigenvalue weighted by Crippen LogP contribution is 2.20. The molecule has 0 spiro atoms. The number of nitrogens with two attached hydrogens (primary N) is 1. The first kappa shape index (κ1) is 14.0.